The van der Waals surface area contributed by atoms with Gasteiger partial charge in [-0.05, 0) is 25.7 Å². The minimum atomic E-state index is -0.665. The van der Waals surface area contributed by atoms with Gasteiger partial charge in [0.2, 0.25) is 5.91 Å². The Morgan fingerprint density at radius 2 is 0.612 bits per heavy atom. The number of nitrogens with one attached hydrogen (secondary N) is 1. The number of hydrogen-bond acceptors (Lipinski definition) is 5. The molecule has 0 bridgehead atoms. The third-order valence-electron chi connectivity index (χ3n) is 14.7. The summed E-state index contributed by atoms with van der Waals surface area (Å²) >= 11 is 0. The van der Waals surface area contributed by atoms with Gasteiger partial charge in [-0.15, -0.1) is 0 Å². The number of carbonyl (C=O) groups excluding carboxylic acids is 2. The molecule has 0 aromatic rings. The summed E-state index contributed by atoms with van der Waals surface area (Å²) in [7, 11) is 0. The second-order valence-electron chi connectivity index (χ2n) is 21.4. The molecule has 0 saturated heterocycles. The van der Waals surface area contributed by atoms with Crippen molar-refractivity contribution in [3.8, 4) is 0 Å². The number of rotatable bonds is 58. The lowest BCUT2D eigenvalue weighted by Crippen LogP contribution is -2.45. The molecule has 0 aromatic carbocycles. The zero-order valence-electron chi connectivity index (χ0n) is 45.7. The second-order valence-corrected chi connectivity index (χ2v) is 21.4. The van der Waals surface area contributed by atoms with E-state index in [0.717, 1.165) is 38.5 Å². The van der Waals surface area contributed by atoms with Gasteiger partial charge in [-0.2, -0.15) is 0 Å². The predicted octanol–water partition coefficient (Wildman–Crippen LogP) is 19.1. The van der Waals surface area contributed by atoms with E-state index in [1.54, 1.807) is 0 Å². The van der Waals surface area contributed by atoms with Gasteiger partial charge in [0, 0.05) is 12.8 Å². The van der Waals surface area contributed by atoms with E-state index in [1.165, 1.54) is 283 Å². The van der Waals surface area contributed by atoms with E-state index in [2.05, 4.69) is 19.2 Å². The van der Waals surface area contributed by atoms with E-state index in [4.69, 9.17) is 4.74 Å². The molecule has 2 unspecified atom stereocenters. The molecule has 0 saturated carbocycles. The SMILES string of the molecule is CCCCCCCCCCCCCCCCCCCCC(O)C(CO)NC(=O)CCCCCCCCCCCCCCCCCCCCCOC(=O)CCCCCCCCCCCCCCC. The van der Waals surface area contributed by atoms with Gasteiger partial charge in [-0.25, -0.2) is 0 Å². The standard InChI is InChI=1S/C61H121NO5/c1-3-5-7-9-11-13-15-17-18-19-23-26-30-33-37-41-45-49-53-59(64)58(57-63)62-60(65)54-50-46-42-38-34-31-27-24-21-20-22-25-28-32-36-40-44-48-52-56-67-61(66)55-51-47-43-39-35-29-16-14-12-10-8-6-4-2/h58-59,63-64H,3-57H2,1-2H3,(H,62,65). The zero-order chi connectivity index (χ0) is 48.6. The first kappa shape index (κ1) is 65.9. The summed E-state index contributed by atoms with van der Waals surface area (Å²) in [5.74, 6) is -0.0221. The smallest absolute Gasteiger partial charge is 0.305 e. The van der Waals surface area contributed by atoms with Crippen molar-refractivity contribution in [2.45, 2.75) is 366 Å². The molecule has 0 aliphatic carbocycles. The van der Waals surface area contributed by atoms with Gasteiger partial charge in [-0.3, -0.25) is 9.59 Å². The number of unbranched alkanes of at least 4 members (excludes halogenated alkanes) is 47. The van der Waals surface area contributed by atoms with Crippen molar-refractivity contribution in [2.24, 2.45) is 0 Å². The van der Waals surface area contributed by atoms with Crippen LogP contribution in [0.15, 0.2) is 0 Å². The summed E-state index contributed by atoms with van der Waals surface area (Å²) in [6.07, 6.45) is 66.7. The van der Waals surface area contributed by atoms with Crippen molar-refractivity contribution in [3.63, 3.8) is 0 Å². The monoisotopic (exact) mass is 948 g/mol. The Morgan fingerprint density at radius 1 is 0.358 bits per heavy atom. The van der Waals surface area contributed by atoms with Gasteiger partial charge in [0.05, 0.1) is 25.4 Å². The van der Waals surface area contributed by atoms with Crippen LogP contribution in [0.3, 0.4) is 0 Å². The minimum absolute atomic E-state index is 0.0118. The summed E-state index contributed by atoms with van der Waals surface area (Å²) in [6.45, 7) is 4.98. The second kappa shape index (κ2) is 57.4. The van der Waals surface area contributed by atoms with Crippen molar-refractivity contribution in [3.05, 3.63) is 0 Å². The third-order valence-corrected chi connectivity index (χ3v) is 14.7. The Hall–Kier alpha value is -1.14. The van der Waals surface area contributed by atoms with Crippen LogP contribution >= 0.6 is 0 Å². The number of hydrogen-bond donors (Lipinski definition) is 3. The average molecular weight is 949 g/mol. The van der Waals surface area contributed by atoms with Crippen LogP contribution in [0.2, 0.25) is 0 Å². The summed E-state index contributed by atoms with van der Waals surface area (Å²) in [6, 6.07) is -0.542. The lowest BCUT2D eigenvalue weighted by Gasteiger charge is -2.22. The molecule has 400 valence electrons. The number of ether oxygens (including phenoxy) is 1. The van der Waals surface area contributed by atoms with Crippen molar-refractivity contribution in [1.29, 1.82) is 0 Å². The van der Waals surface area contributed by atoms with Crippen LogP contribution in [0.4, 0.5) is 0 Å². The molecule has 0 radical (unpaired) electrons. The average Bonchev–Trinajstić information content (AvgIpc) is 3.33. The maximum atomic E-state index is 12.5. The fourth-order valence-electron chi connectivity index (χ4n) is 9.94. The lowest BCUT2D eigenvalue weighted by molar-refractivity contribution is -0.143. The molecule has 0 heterocycles. The highest BCUT2D eigenvalue weighted by atomic mass is 16.5. The van der Waals surface area contributed by atoms with Crippen LogP contribution in [0.5, 0.6) is 0 Å². The van der Waals surface area contributed by atoms with Crippen LogP contribution in [-0.4, -0.2) is 47.4 Å². The van der Waals surface area contributed by atoms with E-state index in [1.807, 2.05) is 0 Å². The molecule has 0 rings (SSSR count). The quantitative estimate of drug-likeness (QED) is 0.0417. The molecule has 6 nitrogen and oxygen atoms in total. The maximum absolute atomic E-state index is 12.5. The number of amides is 1. The van der Waals surface area contributed by atoms with Gasteiger partial charge < -0.3 is 20.3 Å². The third kappa shape index (κ3) is 54.0. The number of aliphatic hydroxyl groups is 2. The van der Waals surface area contributed by atoms with E-state index in [9.17, 15) is 19.8 Å². The molecule has 2 atom stereocenters. The van der Waals surface area contributed by atoms with Crippen molar-refractivity contribution >= 4 is 11.9 Å². The van der Waals surface area contributed by atoms with E-state index < -0.39 is 12.1 Å². The van der Waals surface area contributed by atoms with Crippen molar-refractivity contribution in [1.82, 2.24) is 5.32 Å². The molecule has 1 amide bonds. The molecule has 0 spiro atoms. The van der Waals surface area contributed by atoms with Crippen molar-refractivity contribution < 1.29 is 24.5 Å². The molecule has 3 N–H and O–H groups in total. The highest BCUT2D eigenvalue weighted by Gasteiger charge is 2.20. The van der Waals surface area contributed by atoms with Crippen LogP contribution in [0.25, 0.3) is 0 Å². The first-order valence-corrected chi connectivity index (χ1v) is 30.8. The molecule has 0 fully saturated rings. The first-order chi connectivity index (χ1) is 33.0. The van der Waals surface area contributed by atoms with Crippen molar-refractivity contribution in [2.75, 3.05) is 13.2 Å². The van der Waals surface area contributed by atoms with E-state index in [-0.39, 0.29) is 18.5 Å². The van der Waals surface area contributed by atoms with Gasteiger partial charge in [0.15, 0.2) is 0 Å². The Labute approximate surface area is 419 Å². The Balaban J connectivity index is 3.39. The largest absolute Gasteiger partial charge is 0.466 e. The molecule has 0 aliphatic heterocycles. The Bertz CT molecular complexity index is 959. The molecular formula is C61H121NO5. The van der Waals surface area contributed by atoms with Crippen LogP contribution in [0, 0.1) is 0 Å². The van der Waals surface area contributed by atoms with Gasteiger partial charge in [0.1, 0.15) is 0 Å². The Kier molecular flexibility index (Phi) is 56.5. The van der Waals surface area contributed by atoms with Gasteiger partial charge in [0.25, 0.3) is 0 Å². The number of aliphatic hydroxyl groups excluding tert-OH is 2. The summed E-state index contributed by atoms with van der Waals surface area (Å²) < 4.78 is 5.48. The van der Waals surface area contributed by atoms with E-state index >= 15 is 0 Å². The maximum Gasteiger partial charge on any atom is 0.305 e. The van der Waals surface area contributed by atoms with Crippen LogP contribution < -0.4 is 5.32 Å². The molecule has 67 heavy (non-hydrogen) atoms. The summed E-state index contributed by atoms with van der Waals surface area (Å²) in [5, 5.41) is 23.3. The van der Waals surface area contributed by atoms with Gasteiger partial charge in [-0.1, -0.05) is 316 Å². The lowest BCUT2D eigenvalue weighted by atomic mass is 10.0. The highest BCUT2D eigenvalue weighted by Crippen LogP contribution is 2.18. The van der Waals surface area contributed by atoms with Gasteiger partial charge >= 0.3 is 5.97 Å². The normalized spacial score (nSPS) is 12.5. The topological polar surface area (TPSA) is 95.9 Å². The minimum Gasteiger partial charge on any atom is -0.466 e. The molecular weight excluding hydrogens is 827 g/mol. The number of carbonyl (C=O) groups is 2. The molecule has 0 aliphatic rings. The highest BCUT2D eigenvalue weighted by molar-refractivity contribution is 5.76. The van der Waals surface area contributed by atoms with Crippen LogP contribution in [0.1, 0.15) is 354 Å². The zero-order valence-corrected chi connectivity index (χ0v) is 45.7. The van der Waals surface area contributed by atoms with E-state index in [0.29, 0.717) is 25.9 Å². The first-order valence-electron chi connectivity index (χ1n) is 30.8. The number of esters is 1. The summed E-state index contributed by atoms with van der Waals surface area (Å²) in [5.41, 5.74) is 0. The fraction of sp³-hybridized carbons (Fsp3) is 0.967. The summed E-state index contributed by atoms with van der Waals surface area (Å²) in [4.78, 5) is 24.5. The Morgan fingerprint density at radius 3 is 0.910 bits per heavy atom. The fourth-order valence-corrected chi connectivity index (χ4v) is 9.94. The molecule has 6 heteroatoms. The predicted molar refractivity (Wildman–Crippen MR) is 292 cm³/mol. The molecule has 0 aromatic heterocycles. The van der Waals surface area contributed by atoms with Crippen LogP contribution in [-0.2, 0) is 14.3 Å².